The van der Waals surface area contributed by atoms with Crippen molar-refractivity contribution in [3.05, 3.63) is 41.3 Å². The van der Waals surface area contributed by atoms with Crippen LogP contribution in [-0.4, -0.2) is 27.7 Å². The van der Waals surface area contributed by atoms with Crippen LogP contribution in [-0.2, 0) is 22.1 Å². The van der Waals surface area contributed by atoms with Gasteiger partial charge in [0.2, 0.25) is 5.91 Å². The molecule has 3 heterocycles. The summed E-state index contributed by atoms with van der Waals surface area (Å²) in [5.74, 6) is -0.190. The van der Waals surface area contributed by atoms with E-state index in [1.807, 2.05) is 0 Å². The SMILES string of the molecule is O=C(Cc1cccc(C(F)(F)F)n1)Nc1cc([C@@H]2CCCO2)[nH]n1. The summed E-state index contributed by atoms with van der Waals surface area (Å²) in [6, 6.07) is 5.12. The number of carbonyl (C=O) groups excluding carboxylic acids is 1. The summed E-state index contributed by atoms with van der Waals surface area (Å²) in [5.41, 5.74) is -0.217. The summed E-state index contributed by atoms with van der Waals surface area (Å²) in [6.45, 7) is 0.687. The molecule has 1 aliphatic heterocycles. The van der Waals surface area contributed by atoms with Gasteiger partial charge in [-0.3, -0.25) is 9.89 Å². The molecule has 3 rings (SSSR count). The molecule has 0 bridgehead atoms. The van der Waals surface area contributed by atoms with Crippen molar-refractivity contribution in [2.75, 3.05) is 11.9 Å². The maximum absolute atomic E-state index is 12.6. The molecule has 1 fully saturated rings. The van der Waals surface area contributed by atoms with Gasteiger partial charge in [0.15, 0.2) is 5.82 Å². The lowest BCUT2D eigenvalue weighted by atomic mass is 10.2. The highest BCUT2D eigenvalue weighted by Crippen LogP contribution is 2.28. The molecule has 0 aliphatic carbocycles. The smallest absolute Gasteiger partial charge is 0.372 e. The molecular weight excluding hydrogens is 325 g/mol. The van der Waals surface area contributed by atoms with Gasteiger partial charge in [0.25, 0.3) is 0 Å². The van der Waals surface area contributed by atoms with Gasteiger partial charge >= 0.3 is 6.18 Å². The van der Waals surface area contributed by atoms with E-state index in [-0.39, 0.29) is 18.2 Å². The van der Waals surface area contributed by atoms with Gasteiger partial charge in [-0.15, -0.1) is 0 Å². The van der Waals surface area contributed by atoms with Crippen molar-refractivity contribution >= 4 is 11.7 Å². The van der Waals surface area contributed by atoms with E-state index in [2.05, 4.69) is 20.5 Å². The monoisotopic (exact) mass is 340 g/mol. The molecule has 2 aromatic rings. The number of pyridine rings is 1. The minimum atomic E-state index is -4.54. The van der Waals surface area contributed by atoms with Crippen LogP contribution in [0.2, 0.25) is 0 Å². The lowest BCUT2D eigenvalue weighted by Gasteiger charge is -2.07. The largest absolute Gasteiger partial charge is 0.433 e. The first-order valence-electron chi connectivity index (χ1n) is 7.42. The van der Waals surface area contributed by atoms with E-state index in [0.717, 1.165) is 24.6 Å². The number of nitrogens with one attached hydrogen (secondary N) is 2. The average Bonchev–Trinajstić information content (AvgIpc) is 3.17. The normalized spacial score (nSPS) is 17.9. The first-order chi connectivity index (χ1) is 11.4. The molecule has 0 saturated carbocycles. The van der Waals surface area contributed by atoms with Gasteiger partial charge in [0.1, 0.15) is 5.69 Å². The van der Waals surface area contributed by atoms with E-state index < -0.39 is 17.8 Å². The summed E-state index contributed by atoms with van der Waals surface area (Å²) in [7, 11) is 0. The first-order valence-corrected chi connectivity index (χ1v) is 7.42. The molecule has 1 aliphatic rings. The van der Waals surface area contributed by atoms with E-state index in [0.29, 0.717) is 12.4 Å². The summed E-state index contributed by atoms with van der Waals surface area (Å²) < 4.78 is 43.3. The Kier molecular flexibility index (Phi) is 4.52. The van der Waals surface area contributed by atoms with Crippen LogP contribution >= 0.6 is 0 Å². The van der Waals surface area contributed by atoms with Crippen LogP contribution in [0.1, 0.15) is 36.0 Å². The van der Waals surface area contributed by atoms with Gasteiger partial charge in [-0.25, -0.2) is 4.98 Å². The lowest BCUT2D eigenvalue weighted by Crippen LogP contribution is -2.17. The zero-order valence-electron chi connectivity index (χ0n) is 12.6. The number of H-pyrrole nitrogens is 1. The van der Waals surface area contributed by atoms with E-state index in [9.17, 15) is 18.0 Å². The van der Waals surface area contributed by atoms with Gasteiger partial charge in [-0.1, -0.05) is 6.07 Å². The highest BCUT2D eigenvalue weighted by molar-refractivity contribution is 5.91. The summed E-state index contributed by atoms with van der Waals surface area (Å²) in [6.07, 6.45) is -3.03. The third kappa shape index (κ3) is 3.91. The number of aromatic nitrogens is 3. The number of ether oxygens (including phenoxy) is 1. The average molecular weight is 340 g/mol. The van der Waals surface area contributed by atoms with E-state index in [1.54, 1.807) is 6.07 Å². The number of alkyl halides is 3. The molecule has 1 atom stereocenters. The molecule has 2 aromatic heterocycles. The topological polar surface area (TPSA) is 79.9 Å². The zero-order chi connectivity index (χ0) is 17.2. The van der Waals surface area contributed by atoms with E-state index >= 15 is 0 Å². The van der Waals surface area contributed by atoms with Crippen LogP contribution < -0.4 is 5.32 Å². The Morgan fingerprint density at radius 2 is 2.25 bits per heavy atom. The molecule has 6 nitrogen and oxygen atoms in total. The molecule has 24 heavy (non-hydrogen) atoms. The Morgan fingerprint density at radius 3 is 2.96 bits per heavy atom. The molecule has 1 saturated heterocycles. The molecular formula is C15H15F3N4O2. The number of amides is 1. The second-order valence-corrected chi connectivity index (χ2v) is 5.45. The third-order valence-electron chi connectivity index (χ3n) is 3.58. The fourth-order valence-corrected chi connectivity index (χ4v) is 2.48. The Morgan fingerprint density at radius 1 is 1.42 bits per heavy atom. The summed E-state index contributed by atoms with van der Waals surface area (Å²) in [4.78, 5) is 15.4. The summed E-state index contributed by atoms with van der Waals surface area (Å²) >= 11 is 0. The molecule has 0 unspecified atom stereocenters. The lowest BCUT2D eigenvalue weighted by molar-refractivity contribution is -0.141. The maximum atomic E-state index is 12.6. The van der Waals surface area contributed by atoms with Gasteiger partial charge in [0.05, 0.1) is 23.9 Å². The highest BCUT2D eigenvalue weighted by atomic mass is 19.4. The van der Waals surface area contributed by atoms with Gasteiger partial charge in [-0.2, -0.15) is 18.3 Å². The predicted octanol–water partition coefficient (Wildman–Crippen LogP) is 2.86. The number of anilines is 1. The number of halogens is 3. The second-order valence-electron chi connectivity index (χ2n) is 5.45. The van der Waals surface area contributed by atoms with Crippen molar-refractivity contribution < 1.29 is 22.7 Å². The number of rotatable bonds is 4. The van der Waals surface area contributed by atoms with Crippen molar-refractivity contribution in [3.63, 3.8) is 0 Å². The van der Waals surface area contributed by atoms with Crippen molar-refractivity contribution in [2.45, 2.75) is 31.5 Å². The van der Waals surface area contributed by atoms with Crippen molar-refractivity contribution in [1.82, 2.24) is 15.2 Å². The van der Waals surface area contributed by atoms with E-state index in [1.165, 1.54) is 12.1 Å². The predicted molar refractivity (Wildman–Crippen MR) is 78.1 cm³/mol. The molecule has 0 radical (unpaired) electrons. The fraction of sp³-hybridized carbons (Fsp3) is 0.400. The Bertz CT molecular complexity index is 724. The van der Waals surface area contributed by atoms with Crippen LogP contribution in [0.5, 0.6) is 0 Å². The molecule has 128 valence electrons. The van der Waals surface area contributed by atoms with Crippen LogP contribution in [0.15, 0.2) is 24.3 Å². The molecule has 9 heteroatoms. The van der Waals surface area contributed by atoms with Crippen molar-refractivity contribution in [1.29, 1.82) is 0 Å². The molecule has 0 aromatic carbocycles. The third-order valence-corrected chi connectivity index (χ3v) is 3.58. The Balaban J connectivity index is 1.61. The number of hydrogen-bond donors (Lipinski definition) is 2. The summed E-state index contributed by atoms with van der Waals surface area (Å²) in [5, 5.41) is 9.29. The van der Waals surface area contributed by atoms with Crippen molar-refractivity contribution in [3.8, 4) is 0 Å². The van der Waals surface area contributed by atoms with Gasteiger partial charge < -0.3 is 10.1 Å². The zero-order valence-corrected chi connectivity index (χ0v) is 12.6. The second kappa shape index (κ2) is 6.60. The Labute approximate surface area is 135 Å². The van der Waals surface area contributed by atoms with Crippen LogP contribution in [0.4, 0.5) is 19.0 Å². The van der Waals surface area contributed by atoms with Crippen LogP contribution in [0, 0.1) is 0 Å². The van der Waals surface area contributed by atoms with Crippen LogP contribution in [0.25, 0.3) is 0 Å². The van der Waals surface area contributed by atoms with Crippen LogP contribution in [0.3, 0.4) is 0 Å². The van der Waals surface area contributed by atoms with Crippen molar-refractivity contribution in [2.24, 2.45) is 0 Å². The Hall–Kier alpha value is -2.42. The molecule has 1 amide bonds. The first kappa shape index (κ1) is 16.4. The number of nitrogens with zero attached hydrogens (tertiary/aromatic N) is 2. The minimum Gasteiger partial charge on any atom is -0.372 e. The fourth-order valence-electron chi connectivity index (χ4n) is 2.48. The number of aromatic amines is 1. The molecule has 2 N–H and O–H groups in total. The minimum absolute atomic E-state index is 0.0391. The van der Waals surface area contributed by atoms with E-state index in [4.69, 9.17) is 4.74 Å². The maximum Gasteiger partial charge on any atom is 0.433 e. The number of hydrogen-bond acceptors (Lipinski definition) is 4. The number of carbonyl (C=O) groups is 1. The van der Waals surface area contributed by atoms with Gasteiger partial charge in [0, 0.05) is 12.7 Å². The standard InChI is InChI=1S/C15H15F3N4O2/c16-15(17,18)12-5-1-3-9(19-12)7-14(23)20-13-8-10(21-22-13)11-4-2-6-24-11/h1,3,5,8,11H,2,4,6-7H2,(H2,20,21,22,23)/t11-/m0/s1. The van der Waals surface area contributed by atoms with Gasteiger partial charge in [-0.05, 0) is 25.0 Å². The highest BCUT2D eigenvalue weighted by Gasteiger charge is 2.32. The molecule has 0 spiro atoms. The quantitative estimate of drug-likeness (QED) is 0.897.